The van der Waals surface area contributed by atoms with Crippen LogP contribution in [0, 0.1) is 0 Å². The van der Waals surface area contributed by atoms with Gasteiger partial charge in [-0.15, -0.1) is 0 Å². The Labute approximate surface area is 164 Å². The molecular weight excluding hydrogens is 419 g/mol. The van der Waals surface area contributed by atoms with Crippen LogP contribution in [0.15, 0.2) is 66.7 Å². The molecule has 0 aliphatic rings. The van der Waals surface area contributed by atoms with Gasteiger partial charge in [0.2, 0.25) is 0 Å². The van der Waals surface area contributed by atoms with Crippen molar-refractivity contribution in [3.63, 3.8) is 0 Å². The fourth-order valence-electron chi connectivity index (χ4n) is 3.08. The molecule has 0 aliphatic heterocycles. The third kappa shape index (κ3) is 4.75. The summed E-state index contributed by atoms with van der Waals surface area (Å²) in [7, 11) is 0. The predicted molar refractivity (Wildman–Crippen MR) is 116 cm³/mol. The average molecular weight is 444 g/mol. The van der Waals surface area contributed by atoms with Crippen molar-refractivity contribution in [2.45, 2.75) is 43.1 Å². The maximum Gasteiger partial charge on any atom is 0.128 e. The van der Waals surface area contributed by atoms with E-state index >= 15 is 0 Å². The number of hydrogen-bond donors (Lipinski definition) is 0. The van der Waals surface area contributed by atoms with Gasteiger partial charge in [0, 0.05) is 8.81 Å². The number of benzene rings is 3. The van der Waals surface area contributed by atoms with E-state index in [0.717, 1.165) is 18.6 Å². The zero-order valence-electron chi connectivity index (χ0n) is 15.1. The lowest BCUT2D eigenvalue weighted by Gasteiger charge is -2.19. The van der Waals surface area contributed by atoms with Crippen LogP contribution in [0.1, 0.15) is 44.4 Å². The number of ether oxygens (including phenoxy) is 1. The molecule has 0 bridgehead atoms. The highest BCUT2D eigenvalue weighted by molar-refractivity contribution is 14.1. The molecule has 0 heterocycles. The summed E-state index contributed by atoms with van der Waals surface area (Å²) in [4.78, 5) is 0. The van der Waals surface area contributed by atoms with Crippen molar-refractivity contribution in [1.82, 2.24) is 0 Å². The second kappa shape index (κ2) is 7.77. The largest absolute Gasteiger partial charge is 0.485 e. The second-order valence-corrected chi connectivity index (χ2v) is 10.1. The molecule has 3 aromatic carbocycles. The molecule has 0 radical (unpaired) electrons. The molecule has 0 saturated carbocycles. The quantitative estimate of drug-likeness (QED) is 0.290. The standard InChI is InChI=1S/C23H25IO/c1-17(18-9-5-4-6-10-18)25-22-14-8-12-20-19(11-7-13-21(20)22)15-16-23(2,3)24/h4-14,17H,15-16H2,1-3H3. The molecule has 1 unspecified atom stereocenters. The fraction of sp³-hybridized carbons (Fsp3) is 0.304. The van der Waals surface area contributed by atoms with Crippen LogP contribution in [0.25, 0.3) is 10.8 Å². The van der Waals surface area contributed by atoms with Crippen LogP contribution in [0.4, 0.5) is 0 Å². The predicted octanol–water partition coefficient (Wildman–Crippen LogP) is 7.13. The van der Waals surface area contributed by atoms with Gasteiger partial charge in [-0.2, -0.15) is 0 Å². The van der Waals surface area contributed by atoms with Gasteiger partial charge in [0.15, 0.2) is 0 Å². The Hall–Kier alpha value is -1.55. The van der Waals surface area contributed by atoms with Crippen molar-refractivity contribution in [2.24, 2.45) is 0 Å². The van der Waals surface area contributed by atoms with Crippen molar-refractivity contribution in [3.8, 4) is 5.75 Å². The summed E-state index contributed by atoms with van der Waals surface area (Å²) in [6.45, 7) is 6.68. The summed E-state index contributed by atoms with van der Waals surface area (Å²) < 4.78 is 6.63. The zero-order chi connectivity index (χ0) is 17.9. The van der Waals surface area contributed by atoms with Crippen LogP contribution in [-0.2, 0) is 6.42 Å². The van der Waals surface area contributed by atoms with E-state index < -0.39 is 0 Å². The van der Waals surface area contributed by atoms with Crippen LogP contribution in [0.2, 0.25) is 0 Å². The molecule has 0 amide bonds. The van der Waals surface area contributed by atoms with Gasteiger partial charge in [0.1, 0.15) is 11.9 Å². The molecule has 1 atom stereocenters. The number of fused-ring (bicyclic) bond motifs is 1. The topological polar surface area (TPSA) is 9.23 Å². The molecule has 2 heteroatoms. The highest BCUT2D eigenvalue weighted by Crippen LogP contribution is 2.33. The third-order valence-corrected chi connectivity index (χ3v) is 5.07. The Kier molecular flexibility index (Phi) is 5.67. The Morgan fingerprint density at radius 3 is 2.28 bits per heavy atom. The van der Waals surface area contributed by atoms with Crippen molar-refractivity contribution in [2.75, 3.05) is 0 Å². The highest BCUT2D eigenvalue weighted by Gasteiger charge is 2.14. The summed E-state index contributed by atoms with van der Waals surface area (Å²) in [6, 6.07) is 23.3. The number of rotatable bonds is 6. The van der Waals surface area contributed by atoms with E-state index in [2.05, 4.69) is 104 Å². The van der Waals surface area contributed by atoms with Crippen LogP contribution in [0.5, 0.6) is 5.75 Å². The maximum atomic E-state index is 6.31. The van der Waals surface area contributed by atoms with Gasteiger partial charge in [0.25, 0.3) is 0 Å². The number of alkyl halides is 1. The van der Waals surface area contributed by atoms with E-state index in [1.807, 2.05) is 6.07 Å². The Morgan fingerprint density at radius 2 is 1.56 bits per heavy atom. The minimum atomic E-state index is 0.0312. The lowest BCUT2D eigenvalue weighted by Crippen LogP contribution is -2.10. The van der Waals surface area contributed by atoms with Crippen molar-refractivity contribution < 1.29 is 4.74 Å². The lowest BCUT2D eigenvalue weighted by molar-refractivity contribution is 0.230. The molecule has 0 aromatic heterocycles. The molecule has 0 N–H and O–H groups in total. The Bertz CT molecular complexity index is 834. The molecule has 130 valence electrons. The molecule has 3 rings (SSSR count). The maximum absolute atomic E-state index is 6.31. The first-order chi connectivity index (χ1) is 11.9. The average Bonchev–Trinajstić information content (AvgIpc) is 2.60. The molecule has 1 nitrogen and oxygen atoms in total. The molecule has 0 saturated heterocycles. The summed E-state index contributed by atoms with van der Waals surface area (Å²) in [5, 5.41) is 2.51. The van der Waals surface area contributed by atoms with Gasteiger partial charge in [-0.25, -0.2) is 0 Å². The first kappa shape index (κ1) is 18.2. The molecule has 0 fully saturated rings. The van der Waals surface area contributed by atoms with E-state index in [9.17, 15) is 0 Å². The monoisotopic (exact) mass is 444 g/mol. The minimum Gasteiger partial charge on any atom is -0.485 e. The summed E-state index contributed by atoms with van der Waals surface area (Å²) in [5.41, 5.74) is 2.60. The fourth-order valence-corrected chi connectivity index (χ4v) is 3.35. The lowest BCUT2D eigenvalue weighted by atomic mass is 9.97. The van der Waals surface area contributed by atoms with E-state index in [0.29, 0.717) is 3.42 Å². The van der Waals surface area contributed by atoms with Crippen molar-refractivity contribution >= 4 is 33.4 Å². The smallest absolute Gasteiger partial charge is 0.128 e. The highest BCUT2D eigenvalue weighted by atomic mass is 127. The van der Waals surface area contributed by atoms with Gasteiger partial charge in [-0.1, -0.05) is 97.1 Å². The van der Waals surface area contributed by atoms with Crippen LogP contribution in [-0.4, -0.2) is 3.42 Å². The van der Waals surface area contributed by atoms with E-state index in [4.69, 9.17) is 4.74 Å². The first-order valence-corrected chi connectivity index (χ1v) is 9.93. The van der Waals surface area contributed by atoms with Crippen LogP contribution in [0.3, 0.4) is 0 Å². The van der Waals surface area contributed by atoms with Crippen molar-refractivity contribution in [3.05, 3.63) is 77.9 Å². The van der Waals surface area contributed by atoms with Gasteiger partial charge in [0.05, 0.1) is 0 Å². The Morgan fingerprint density at radius 1 is 0.880 bits per heavy atom. The van der Waals surface area contributed by atoms with Crippen molar-refractivity contribution in [1.29, 1.82) is 0 Å². The molecular formula is C23H25IO. The molecule has 25 heavy (non-hydrogen) atoms. The van der Waals surface area contributed by atoms with Gasteiger partial charge >= 0.3 is 0 Å². The van der Waals surface area contributed by atoms with Crippen LogP contribution < -0.4 is 4.74 Å². The molecule has 0 spiro atoms. The van der Waals surface area contributed by atoms with Gasteiger partial charge in [-0.3, -0.25) is 0 Å². The normalized spacial score (nSPS) is 13.0. The second-order valence-electron chi connectivity index (χ2n) is 7.16. The number of aryl methyl sites for hydroxylation is 1. The summed E-state index contributed by atoms with van der Waals surface area (Å²) in [5.74, 6) is 0.962. The van der Waals surface area contributed by atoms with E-state index in [1.165, 1.54) is 21.9 Å². The van der Waals surface area contributed by atoms with Gasteiger partial charge in [-0.05, 0) is 42.3 Å². The number of halogens is 1. The first-order valence-electron chi connectivity index (χ1n) is 8.85. The van der Waals surface area contributed by atoms with Crippen LogP contribution >= 0.6 is 22.6 Å². The SMILES string of the molecule is CC(Oc1cccc2c(CCC(C)(C)I)cccc12)c1ccccc1. The Balaban J connectivity index is 1.89. The number of hydrogen-bond acceptors (Lipinski definition) is 1. The summed E-state index contributed by atoms with van der Waals surface area (Å²) >= 11 is 2.53. The van der Waals surface area contributed by atoms with E-state index in [1.54, 1.807) is 0 Å². The summed E-state index contributed by atoms with van der Waals surface area (Å²) in [6.07, 6.45) is 2.28. The minimum absolute atomic E-state index is 0.0312. The molecule has 0 aliphatic carbocycles. The van der Waals surface area contributed by atoms with E-state index in [-0.39, 0.29) is 6.10 Å². The third-order valence-electron chi connectivity index (χ3n) is 4.53. The molecule has 3 aromatic rings. The van der Waals surface area contributed by atoms with Gasteiger partial charge < -0.3 is 4.74 Å². The zero-order valence-corrected chi connectivity index (χ0v) is 17.3.